The summed E-state index contributed by atoms with van der Waals surface area (Å²) in [5.74, 6) is 0.540. The van der Waals surface area contributed by atoms with Crippen LogP contribution in [0, 0.1) is 5.82 Å². The van der Waals surface area contributed by atoms with E-state index in [0.29, 0.717) is 30.1 Å². The number of carbonyl (C=O) groups is 1. The first-order chi connectivity index (χ1) is 14.2. The van der Waals surface area contributed by atoms with Gasteiger partial charge in [0.05, 0.1) is 19.2 Å². The van der Waals surface area contributed by atoms with Crippen molar-refractivity contribution >= 4 is 23.5 Å². The molecule has 0 unspecified atom stereocenters. The Morgan fingerprint density at radius 2 is 2.00 bits per heavy atom. The summed E-state index contributed by atoms with van der Waals surface area (Å²) >= 11 is 1.53. The highest BCUT2D eigenvalue weighted by Crippen LogP contribution is 2.29. The number of halogens is 1. The number of hydrogen-bond donors (Lipinski definition) is 1. The molecule has 0 atom stereocenters. The minimum Gasteiger partial charge on any atom is -0.490 e. The highest BCUT2D eigenvalue weighted by molar-refractivity contribution is 7.10. The average Bonchev–Trinajstić information content (AvgIpc) is 3.21. The Hall–Kier alpha value is -3.19. The van der Waals surface area contributed by atoms with E-state index in [2.05, 4.69) is 10.5 Å². The first-order valence-corrected chi connectivity index (χ1v) is 10.0. The van der Waals surface area contributed by atoms with Crippen molar-refractivity contribution in [1.82, 2.24) is 5.43 Å². The van der Waals surface area contributed by atoms with Gasteiger partial charge in [-0.1, -0.05) is 24.3 Å². The van der Waals surface area contributed by atoms with Gasteiger partial charge in [-0.2, -0.15) is 5.10 Å². The fraction of sp³-hybridized carbons (Fsp3) is 0.182. The molecule has 0 aliphatic carbocycles. The molecule has 7 heteroatoms. The topological polar surface area (TPSA) is 59.9 Å². The highest BCUT2D eigenvalue weighted by atomic mass is 32.1. The van der Waals surface area contributed by atoms with Crippen LogP contribution in [0.3, 0.4) is 0 Å². The SMILES string of the molecule is CCOc1cc(/C=N\NC(=O)Cc2cccs2)ccc1OCc1ccccc1F. The average molecular weight is 412 g/mol. The fourth-order valence-corrected chi connectivity index (χ4v) is 3.26. The molecule has 0 saturated carbocycles. The Labute approximate surface area is 172 Å². The summed E-state index contributed by atoms with van der Waals surface area (Å²) in [5.41, 5.74) is 3.72. The number of nitrogens with zero attached hydrogens (tertiary/aromatic N) is 1. The van der Waals surface area contributed by atoms with Gasteiger partial charge in [0.15, 0.2) is 11.5 Å². The summed E-state index contributed by atoms with van der Waals surface area (Å²) in [7, 11) is 0. The molecule has 0 spiro atoms. The molecule has 1 aromatic heterocycles. The van der Waals surface area contributed by atoms with Crippen LogP contribution in [-0.2, 0) is 17.8 Å². The monoisotopic (exact) mass is 412 g/mol. The van der Waals surface area contributed by atoms with Crippen molar-refractivity contribution in [1.29, 1.82) is 0 Å². The zero-order valence-electron chi connectivity index (χ0n) is 15.9. The van der Waals surface area contributed by atoms with E-state index >= 15 is 0 Å². The number of benzene rings is 2. The first-order valence-electron chi connectivity index (χ1n) is 9.13. The number of ether oxygens (including phenoxy) is 2. The zero-order valence-corrected chi connectivity index (χ0v) is 16.7. The fourth-order valence-electron chi connectivity index (χ4n) is 2.55. The van der Waals surface area contributed by atoms with Gasteiger partial charge in [-0.15, -0.1) is 11.3 Å². The number of nitrogens with one attached hydrogen (secondary N) is 1. The van der Waals surface area contributed by atoms with E-state index in [1.54, 1.807) is 36.4 Å². The molecule has 0 aliphatic heterocycles. The van der Waals surface area contributed by atoms with Gasteiger partial charge < -0.3 is 9.47 Å². The van der Waals surface area contributed by atoms with E-state index in [-0.39, 0.29) is 18.3 Å². The molecule has 0 fully saturated rings. The van der Waals surface area contributed by atoms with Crippen LogP contribution in [0.25, 0.3) is 0 Å². The normalized spacial score (nSPS) is 10.8. The maximum absolute atomic E-state index is 13.8. The van der Waals surface area contributed by atoms with E-state index in [4.69, 9.17) is 9.47 Å². The summed E-state index contributed by atoms with van der Waals surface area (Å²) < 4.78 is 25.1. The summed E-state index contributed by atoms with van der Waals surface area (Å²) in [5, 5.41) is 5.92. The predicted octanol–water partition coefficient (Wildman–Crippen LogP) is 4.56. The summed E-state index contributed by atoms with van der Waals surface area (Å²) in [6.07, 6.45) is 1.83. The van der Waals surface area contributed by atoms with Crippen LogP contribution < -0.4 is 14.9 Å². The molecule has 1 amide bonds. The van der Waals surface area contributed by atoms with Gasteiger partial charge in [0, 0.05) is 10.4 Å². The van der Waals surface area contributed by atoms with Crippen LogP contribution >= 0.6 is 11.3 Å². The Balaban J connectivity index is 1.62. The van der Waals surface area contributed by atoms with Crippen molar-refractivity contribution in [2.24, 2.45) is 5.10 Å². The van der Waals surface area contributed by atoms with Gasteiger partial charge in [-0.25, -0.2) is 9.82 Å². The molecule has 0 aliphatic rings. The summed E-state index contributed by atoms with van der Waals surface area (Å²) in [6.45, 7) is 2.42. The molecular formula is C22H21FN2O3S. The zero-order chi connectivity index (χ0) is 20.5. The van der Waals surface area contributed by atoms with E-state index in [1.807, 2.05) is 24.4 Å². The quantitative estimate of drug-likeness (QED) is 0.414. The summed E-state index contributed by atoms with van der Waals surface area (Å²) in [6, 6.07) is 15.6. The van der Waals surface area contributed by atoms with E-state index in [1.165, 1.54) is 23.6 Å². The van der Waals surface area contributed by atoms with Crippen molar-refractivity contribution < 1.29 is 18.7 Å². The third kappa shape index (κ3) is 6.15. The van der Waals surface area contributed by atoms with Crippen LogP contribution in [0.5, 0.6) is 11.5 Å². The van der Waals surface area contributed by atoms with E-state index < -0.39 is 0 Å². The largest absolute Gasteiger partial charge is 0.490 e. The lowest BCUT2D eigenvalue weighted by Crippen LogP contribution is -2.19. The van der Waals surface area contributed by atoms with Crippen LogP contribution in [-0.4, -0.2) is 18.7 Å². The van der Waals surface area contributed by atoms with Gasteiger partial charge in [0.25, 0.3) is 0 Å². The maximum atomic E-state index is 13.8. The second-order valence-electron chi connectivity index (χ2n) is 6.07. The van der Waals surface area contributed by atoms with E-state index in [0.717, 1.165) is 10.4 Å². The molecule has 0 saturated heterocycles. The van der Waals surface area contributed by atoms with Gasteiger partial charge >= 0.3 is 0 Å². The van der Waals surface area contributed by atoms with Crippen LogP contribution in [0.2, 0.25) is 0 Å². The molecule has 3 aromatic rings. The lowest BCUT2D eigenvalue weighted by Gasteiger charge is -2.13. The third-order valence-corrected chi connectivity index (χ3v) is 4.80. The van der Waals surface area contributed by atoms with Gasteiger partial charge in [-0.3, -0.25) is 4.79 Å². The lowest BCUT2D eigenvalue weighted by molar-refractivity contribution is -0.120. The Kier molecular flexibility index (Phi) is 7.35. The van der Waals surface area contributed by atoms with Crippen molar-refractivity contribution in [3.05, 3.63) is 81.8 Å². The van der Waals surface area contributed by atoms with Gasteiger partial charge in [-0.05, 0) is 48.2 Å². The maximum Gasteiger partial charge on any atom is 0.245 e. The van der Waals surface area contributed by atoms with Gasteiger partial charge in [0.1, 0.15) is 12.4 Å². The number of amides is 1. The molecule has 0 bridgehead atoms. The smallest absolute Gasteiger partial charge is 0.245 e. The number of rotatable bonds is 9. The van der Waals surface area contributed by atoms with Crippen molar-refractivity contribution in [2.45, 2.75) is 20.0 Å². The van der Waals surface area contributed by atoms with Crippen LogP contribution in [0.15, 0.2) is 65.1 Å². The highest BCUT2D eigenvalue weighted by Gasteiger charge is 2.08. The number of hydrazone groups is 1. The number of thiophene rings is 1. The standard InChI is InChI=1S/C22H21FN2O3S/c1-2-27-21-12-16(14-24-25-22(26)13-18-7-5-11-29-18)9-10-20(21)28-15-17-6-3-4-8-19(17)23/h3-12,14H,2,13,15H2,1H3,(H,25,26)/b24-14-. The number of carbonyl (C=O) groups excluding carboxylic acids is 1. The molecule has 1 heterocycles. The first kappa shape index (κ1) is 20.5. The molecule has 5 nitrogen and oxygen atoms in total. The van der Waals surface area contributed by atoms with Crippen LogP contribution in [0.1, 0.15) is 22.9 Å². The Bertz CT molecular complexity index is 974. The van der Waals surface area contributed by atoms with Crippen molar-refractivity contribution in [2.75, 3.05) is 6.61 Å². The minimum absolute atomic E-state index is 0.0962. The van der Waals surface area contributed by atoms with Crippen LogP contribution in [0.4, 0.5) is 4.39 Å². The molecule has 150 valence electrons. The molecule has 1 N–H and O–H groups in total. The second kappa shape index (κ2) is 10.4. The molecule has 2 aromatic carbocycles. The van der Waals surface area contributed by atoms with Gasteiger partial charge in [0.2, 0.25) is 5.91 Å². The molecule has 29 heavy (non-hydrogen) atoms. The van der Waals surface area contributed by atoms with Crippen molar-refractivity contribution in [3.8, 4) is 11.5 Å². The predicted molar refractivity (Wildman–Crippen MR) is 112 cm³/mol. The summed E-state index contributed by atoms with van der Waals surface area (Å²) in [4.78, 5) is 12.9. The lowest BCUT2D eigenvalue weighted by atomic mass is 10.2. The molecule has 3 rings (SSSR count). The molecular weight excluding hydrogens is 391 g/mol. The minimum atomic E-state index is -0.312. The van der Waals surface area contributed by atoms with E-state index in [9.17, 15) is 9.18 Å². The number of hydrogen-bond acceptors (Lipinski definition) is 5. The van der Waals surface area contributed by atoms with Crippen molar-refractivity contribution in [3.63, 3.8) is 0 Å². The third-order valence-electron chi connectivity index (χ3n) is 3.93. The molecule has 0 radical (unpaired) electrons. The second-order valence-corrected chi connectivity index (χ2v) is 7.10. The Morgan fingerprint density at radius 3 is 2.76 bits per heavy atom. The Morgan fingerprint density at radius 1 is 1.14 bits per heavy atom.